The topological polar surface area (TPSA) is 77.2 Å². The summed E-state index contributed by atoms with van der Waals surface area (Å²) >= 11 is 12.7. The van der Waals surface area contributed by atoms with Gasteiger partial charge in [0.15, 0.2) is 0 Å². The molecule has 0 atom stereocenters. The molecule has 184 valence electrons. The number of hydrogen-bond acceptors (Lipinski definition) is 5. The van der Waals surface area contributed by atoms with E-state index in [2.05, 4.69) is 10.5 Å². The number of hydrogen-bond donors (Lipinski definition) is 1. The van der Waals surface area contributed by atoms with Crippen molar-refractivity contribution in [1.29, 1.82) is 0 Å². The molecule has 2 aromatic heterocycles. The number of anilines is 1. The van der Waals surface area contributed by atoms with Crippen LogP contribution in [0.25, 0.3) is 33.8 Å². The van der Waals surface area contributed by atoms with Gasteiger partial charge in [0, 0.05) is 22.4 Å². The normalized spacial score (nSPS) is 10.8. The molecule has 0 aliphatic heterocycles. The van der Waals surface area contributed by atoms with E-state index in [0.29, 0.717) is 32.8 Å². The molecule has 2 heterocycles. The summed E-state index contributed by atoms with van der Waals surface area (Å²) in [6, 6.07) is 26.2. The molecule has 6 nitrogen and oxygen atoms in total. The van der Waals surface area contributed by atoms with Crippen LogP contribution in [0, 0.1) is 6.92 Å². The second-order valence-electron chi connectivity index (χ2n) is 8.23. The van der Waals surface area contributed by atoms with E-state index in [1.807, 2.05) is 66.7 Å². The number of benzene rings is 3. The predicted molar refractivity (Wildman–Crippen MR) is 146 cm³/mol. The molecule has 0 unspecified atom stereocenters. The summed E-state index contributed by atoms with van der Waals surface area (Å²) in [5.74, 6) is 0.776. The Kier molecular flexibility index (Phi) is 6.95. The highest BCUT2D eigenvalue weighted by Gasteiger charge is 2.25. The summed E-state index contributed by atoms with van der Waals surface area (Å²) in [6.07, 6.45) is 0. The monoisotopic (exact) mass is 529 g/mol. The second kappa shape index (κ2) is 10.5. The number of amides is 1. The van der Waals surface area contributed by atoms with Crippen LogP contribution in [-0.2, 0) is 0 Å². The van der Waals surface area contributed by atoms with Gasteiger partial charge in [-0.1, -0.05) is 52.6 Å². The first-order valence-corrected chi connectivity index (χ1v) is 12.1. The molecule has 0 bridgehead atoms. The molecule has 5 aromatic rings. The van der Waals surface area contributed by atoms with Crippen LogP contribution in [0.1, 0.15) is 16.1 Å². The van der Waals surface area contributed by atoms with Crippen LogP contribution in [0.4, 0.5) is 5.69 Å². The first kappa shape index (κ1) is 24.6. The molecule has 0 aliphatic carbocycles. The minimum atomic E-state index is -0.378. The Labute approximate surface area is 223 Å². The van der Waals surface area contributed by atoms with Crippen molar-refractivity contribution in [3.63, 3.8) is 0 Å². The van der Waals surface area contributed by atoms with Gasteiger partial charge in [-0.05, 0) is 67.6 Å². The number of methoxy groups -OCH3 is 1. The highest BCUT2D eigenvalue weighted by Crippen LogP contribution is 2.37. The van der Waals surface area contributed by atoms with Gasteiger partial charge in [-0.2, -0.15) is 0 Å². The van der Waals surface area contributed by atoms with Gasteiger partial charge in [-0.3, -0.25) is 4.79 Å². The first-order valence-electron chi connectivity index (χ1n) is 11.4. The average Bonchev–Trinajstić information content (AvgIpc) is 3.30. The van der Waals surface area contributed by atoms with Crippen molar-refractivity contribution in [3.05, 3.63) is 106 Å². The molecule has 8 heteroatoms. The van der Waals surface area contributed by atoms with Crippen LogP contribution < -0.4 is 10.1 Å². The Bertz CT molecular complexity index is 1560. The molecule has 1 N–H and O–H groups in total. The molecular formula is C29H21Cl2N3O3. The SMILES string of the molecule is COc1ccc(-c2cccc(-c3ccc(NC(=O)c4c(-c5c(Cl)cccc5Cl)noc4C)cc3)n2)cc1. The van der Waals surface area contributed by atoms with Crippen LogP contribution in [0.5, 0.6) is 5.75 Å². The van der Waals surface area contributed by atoms with Gasteiger partial charge < -0.3 is 14.6 Å². The number of rotatable bonds is 6. The maximum Gasteiger partial charge on any atom is 0.261 e. The molecule has 1 amide bonds. The number of nitrogens with zero attached hydrogens (tertiary/aromatic N) is 2. The summed E-state index contributed by atoms with van der Waals surface area (Å²) in [5.41, 5.74) is 5.20. The zero-order valence-corrected chi connectivity index (χ0v) is 21.5. The van der Waals surface area contributed by atoms with Gasteiger partial charge in [0.25, 0.3) is 5.91 Å². The van der Waals surface area contributed by atoms with Crippen molar-refractivity contribution in [2.75, 3.05) is 12.4 Å². The summed E-state index contributed by atoms with van der Waals surface area (Å²) < 4.78 is 10.5. The zero-order valence-electron chi connectivity index (χ0n) is 20.0. The number of pyridine rings is 1. The van der Waals surface area contributed by atoms with Crippen molar-refractivity contribution in [3.8, 4) is 39.5 Å². The van der Waals surface area contributed by atoms with Crippen LogP contribution in [-0.4, -0.2) is 23.2 Å². The summed E-state index contributed by atoms with van der Waals surface area (Å²) in [7, 11) is 1.64. The van der Waals surface area contributed by atoms with E-state index < -0.39 is 0 Å². The third kappa shape index (κ3) is 5.07. The molecule has 0 aliphatic rings. The van der Waals surface area contributed by atoms with E-state index in [1.165, 1.54) is 0 Å². The average molecular weight is 530 g/mol. The fourth-order valence-electron chi connectivity index (χ4n) is 3.97. The van der Waals surface area contributed by atoms with Crippen LogP contribution in [0.2, 0.25) is 10.0 Å². The maximum atomic E-state index is 13.2. The maximum absolute atomic E-state index is 13.2. The van der Waals surface area contributed by atoms with Crippen LogP contribution >= 0.6 is 23.2 Å². The summed E-state index contributed by atoms with van der Waals surface area (Å²) in [6.45, 7) is 1.67. The molecule has 0 saturated heterocycles. The van der Waals surface area contributed by atoms with Crippen LogP contribution in [0.15, 0.2) is 89.5 Å². The number of halogens is 2. The zero-order chi connectivity index (χ0) is 25.9. The van der Waals surface area contributed by atoms with E-state index in [4.69, 9.17) is 37.4 Å². The van der Waals surface area contributed by atoms with Crippen molar-refractivity contribution in [2.24, 2.45) is 0 Å². The quantitative estimate of drug-likeness (QED) is 0.241. The van der Waals surface area contributed by atoms with Gasteiger partial charge in [0.2, 0.25) is 0 Å². The Hall–Kier alpha value is -4.13. The number of nitrogens with one attached hydrogen (secondary N) is 1. The lowest BCUT2D eigenvalue weighted by Gasteiger charge is -2.09. The first-order chi connectivity index (χ1) is 17.9. The third-order valence-corrected chi connectivity index (χ3v) is 6.49. The predicted octanol–water partition coefficient (Wildman–Crippen LogP) is 7.95. The summed E-state index contributed by atoms with van der Waals surface area (Å²) in [4.78, 5) is 18.0. The van der Waals surface area contributed by atoms with Gasteiger partial charge in [-0.15, -0.1) is 0 Å². The highest BCUT2D eigenvalue weighted by atomic mass is 35.5. The van der Waals surface area contributed by atoms with E-state index >= 15 is 0 Å². The van der Waals surface area contributed by atoms with Gasteiger partial charge in [-0.25, -0.2) is 4.98 Å². The number of carbonyl (C=O) groups is 1. The molecule has 5 rings (SSSR count). The Morgan fingerprint density at radius 3 is 2.00 bits per heavy atom. The highest BCUT2D eigenvalue weighted by molar-refractivity contribution is 6.39. The number of aryl methyl sites for hydroxylation is 1. The molecule has 0 saturated carbocycles. The molecule has 0 spiro atoms. The molecule has 0 radical (unpaired) electrons. The van der Waals surface area contributed by atoms with Crippen LogP contribution in [0.3, 0.4) is 0 Å². The van der Waals surface area contributed by atoms with E-state index in [0.717, 1.165) is 28.3 Å². The lowest BCUT2D eigenvalue weighted by molar-refractivity contribution is 0.102. The largest absolute Gasteiger partial charge is 0.497 e. The minimum Gasteiger partial charge on any atom is -0.497 e. The molecule has 0 fully saturated rings. The Morgan fingerprint density at radius 1 is 0.838 bits per heavy atom. The van der Waals surface area contributed by atoms with E-state index in [-0.39, 0.29) is 11.5 Å². The lowest BCUT2D eigenvalue weighted by atomic mass is 10.0. The van der Waals surface area contributed by atoms with Gasteiger partial charge >= 0.3 is 0 Å². The second-order valence-corrected chi connectivity index (χ2v) is 9.04. The fraction of sp³-hybridized carbons (Fsp3) is 0.0690. The lowest BCUT2D eigenvalue weighted by Crippen LogP contribution is -2.13. The van der Waals surface area contributed by atoms with E-state index in [9.17, 15) is 4.79 Å². The minimum absolute atomic E-state index is 0.271. The standard InChI is InChI=1S/C29H21Cl2N3O3/c1-17-26(28(34-37-17)27-22(30)5-3-6-23(27)31)29(35)32-20-13-9-18(10-14-20)24-7-4-8-25(33-24)19-11-15-21(36-2)16-12-19/h3-16H,1-2H3,(H,32,35). The van der Waals surface area contributed by atoms with E-state index in [1.54, 1.807) is 32.2 Å². The van der Waals surface area contributed by atoms with Gasteiger partial charge in [0.05, 0.1) is 28.5 Å². The molecular weight excluding hydrogens is 509 g/mol. The Morgan fingerprint density at radius 2 is 1.41 bits per heavy atom. The number of carbonyl (C=O) groups excluding carboxylic acids is 1. The fourth-order valence-corrected chi connectivity index (χ4v) is 4.55. The van der Waals surface area contributed by atoms with Crippen molar-refractivity contribution < 1.29 is 14.1 Å². The molecule has 3 aromatic carbocycles. The van der Waals surface area contributed by atoms with Crippen molar-refractivity contribution in [1.82, 2.24) is 10.1 Å². The van der Waals surface area contributed by atoms with Gasteiger partial charge in [0.1, 0.15) is 22.8 Å². The van der Waals surface area contributed by atoms with Crippen molar-refractivity contribution >= 4 is 34.8 Å². The number of aromatic nitrogens is 2. The molecule has 37 heavy (non-hydrogen) atoms. The Balaban J connectivity index is 1.37. The van der Waals surface area contributed by atoms with Crippen molar-refractivity contribution in [2.45, 2.75) is 6.92 Å². The summed E-state index contributed by atoms with van der Waals surface area (Å²) in [5, 5.41) is 7.71. The smallest absolute Gasteiger partial charge is 0.261 e. The number of ether oxygens (including phenoxy) is 1. The third-order valence-electron chi connectivity index (χ3n) is 5.86.